The number of amides is 1. The fraction of sp³-hybridized carbons (Fsp3) is 0.900. The molecule has 0 saturated carbocycles. The van der Waals surface area contributed by atoms with Gasteiger partial charge in [0.25, 0.3) is 0 Å². The molecule has 1 saturated heterocycles. The van der Waals surface area contributed by atoms with Gasteiger partial charge in [0.2, 0.25) is 5.91 Å². The minimum Gasteiger partial charge on any atom is -0.330 e. The highest BCUT2D eigenvalue weighted by Crippen LogP contribution is 2.41. The van der Waals surface area contributed by atoms with E-state index in [2.05, 4.69) is 0 Å². The van der Waals surface area contributed by atoms with Gasteiger partial charge in [0, 0.05) is 0 Å². The van der Waals surface area contributed by atoms with Crippen LogP contribution in [0.15, 0.2) is 0 Å². The Balaban J connectivity index is 2.54. The lowest BCUT2D eigenvalue weighted by molar-refractivity contribution is -0.172. The Kier molecular flexibility index (Phi) is 4.55. The summed E-state index contributed by atoms with van der Waals surface area (Å²) in [5.41, 5.74) is 10.7. The molecule has 8 heteroatoms. The van der Waals surface area contributed by atoms with E-state index in [9.17, 15) is 22.4 Å². The standard InChI is InChI=1S/C10H17F4N3O/c11-9(12)5-17(6-10(9,13)14)8(18)7(16)3-1-2-4-15/h7H,1-6,15-16H2. The maximum absolute atomic E-state index is 12.9. The zero-order valence-electron chi connectivity index (χ0n) is 9.84. The van der Waals surface area contributed by atoms with Crippen molar-refractivity contribution in [3.8, 4) is 0 Å². The molecule has 1 fully saturated rings. The third-order valence-electron chi connectivity index (χ3n) is 2.91. The average molecular weight is 271 g/mol. The normalized spacial score (nSPS) is 23.1. The molecule has 106 valence electrons. The largest absolute Gasteiger partial charge is 0.330 e. The summed E-state index contributed by atoms with van der Waals surface area (Å²) < 4.78 is 51.6. The number of nitrogens with two attached hydrogens (primary N) is 2. The van der Waals surface area contributed by atoms with E-state index in [0.29, 0.717) is 24.3 Å². The van der Waals surface area contributed by atoms with Crippen LogP contribution in [0.2, 0.25) is 0 Å². The van der Waals surface area contributed by atoms with Crippen LogP contribution < -0.4 is 11.5 Å². The van der Waals surface area contributed by atoms with Gasteiger partial charge >= 0.3 is 11.8 Å². The summed E-state index contributed by atoms with van der Waals surface area (Å²) in [5.74, 6) is -9.22. The lowest BCUT2D eigenvalue weighted by Crippen LogP contribution is -2.43. The summed E-state index contributed by atoms with van der Waals surface area (Å²) in [6, 6.07) is -1.03. The quantitative estimate of drug-likeness (QED) is 0.567. The van der Waals surface area contributed by atoms with E-state index < -0.39 is 36.9 Å². The van der Waals surface area contributed by atoms with Crippen LogP contribution in [-0.4, -0.2) is 48.3 Å². The van der Waals surface area contributed by atoms with E-state index in [1.807, 2.05) is 0 Å². The van der Waals surface area contributed by atoms with Gasteiger partial charge in [-0.05, 0) is 19.4 Å². The molecule has 1 heterocycles. The molecule has 0 aromatic carbocycles. The molecule has 1 aliphatic heterocycles. The van der Waals surface area contributed by atoms with Crippen LogP contribution in [0.25, 0.3) is 0 Å². The number of hydrogen-bond acceptors (Lipinski definition) is 3. The molecule has 1 atom stereocenters. The van der Waals surface area contributed by atoms with E-state index >= 15 is 0 Å². The maximum Gasteiger partial charge on any atom is 0.329 e. The van der Waals surface area contributed by atoms with Crippen LogP contribution in [-0.2, 0) is 4.79 Å². The number of carbonyl (C=O) groups is 1. The lowest BCUT2D eigenvalue weighted by Gasteiger charge is -2.19. The van der Waals surface area contributed by atoms with Gasteiger partial charge in [0.15, 0.2) is 0 Å². The topological polar surface area (TPSA) is 72.3 Å². The van der Waals surface area contributed by atoms with Gasteiger partial charge in [-0.1, -0.05) is 6.42 Å². The first-order chi connectivity index (χ1) is 8.21. The summed E-state index contributed by atoms with van der Waals surface area (Å²) in [6.07, 6.45) is 1.46. The van der Waals surface area contributed by atoms with E-state index in [1.54, 1.807) is 0 Å². The minimum atomic E-state index is -4.18. The summed E-state index contributed by atoms with van der Waals surface area (Å²) >= 11 is 0. The Labute approximate surface area is 102 Å². The highest BCUT2D eigenvalue weighted by Gasteiger charge is 2.64. The molecule has 0 bridgehead atoms. The Hall–Kier alpha value is -0.890. The third-order valence-corrected chi connectivity index (χ3v) is 2.91. The van der Waals surface area contributed by atoms with Gasteiger partial charge < -0.3 is 16.4 Å². The number of rotatable bonds is 5. The predicted molar refractivity (Wildman–Crippen MR) is 57.4 cm³/mol. The Morgan fingerprint density at radius 3 is 2.11 bits per heavy atom. The number of alkyl halides is 4. The molecule has 18 heavy (non-hydrogen) atoms. The molecular weight excluding hydrogens is 254 g/mol. The van der Waals surface area contributed by atoms with Crippen molar-refractivity contribution < 1.29 is 22.4 Å². The number of likely N-dealkylation sites (tertiary alicyclic amines) is 1. The van der Waals surface area contributed by atoms with Crippen molar-refractivity contribution in [2.45, 2.75) is 37.1 Å². The SMILES string of the molecule is NCCCCC(N)C(=O)N1CC(F)(F)C(F)(F)C1. The highest BCUT2D eigenvalue weighted by molar-refractivity contribution is 5.82. The van der Waals surface area contributed by atoms with E-state index in [-0.39, 0.29) is 6.42 Å². The molecule has 0 aromatic heterocycles. The fourth-order valence-corrected chi connectivity index (χ4v) is 1.79. The van der Waals surface area contributed by atoms with Gasteiger partial charge in [0.05, 0.1) is 19.1 Å². The Bertz CT molecular complexity index is 295. The second-order valence-electron chi connectivity index (χ2n) is 4.49. The van der Waals surface area contributed by atoms with E-state index in [1.165, 1.54) is 0 Å². The van der Waals surface area contributed by atoms with Crippen LogP contribution >= 0.6 is 0 Å². The lowest BCUT2D eigenvalue weighted by atomic mass is 10.1. The van der Waals surface area contributed by atoms with Crippen molar-refractivity contribution in [1.29, 1.82) is 0 Å². The minimum absolute atomic E-state index is 0.254. The van der Waals surface area contributed by atoms with Gasteiger partial charge in [-0.3, -0.25) is 4.79 Å². The van der Waals surface area contributed by atoms with Crippen molar-refractivity contribution in [2.24, 2.45) is 11.5 Å². The van der Waals surface area contributed by atoms with Crippen LogP contribution in [0.5, 0.6) is 0 Å². The number of hydrogen-bond donors (Lipinski definition) is 2. The Morgan fingerprint density at radius 2 is 1.67 bits per heavy atom. The second-order valence-corrected chi connectivity index (χ2v) is 4.49. The highest BCUT2D eigenvalue weighted by atomic mass is 19.3. The van der Waals surface area contributed by atoms with Gasteiger partial charge in [-0.25, -0.2) is 0 Å². The predicted octanol–water partition coefficient (Wildman–Crippen LogP) is 0.556. The molecule has 0 aromatic rings. The third kappa shape index (κ3) is 3.11. The number of halogens is 4. The smallest absolute Gasteiger partial charge is 0.329 e. The molecular formula is C10H17F4N3O. The molecule has 1 amide bonds. The van der Waals surface area contributed by atoms with Crippen molar-refractivity contribution in [1.82, 2.24) is 4.90 Å². The molecule has 0 radical (unpaired) electrons. The molecule has 4 N–H and O–H groups in total. The number of nitrogens with zero attached hydrogens (tertiary/aromatic N) is 1. The van der Waals surface area contributed by atoms with Crippen molar-refractivity contribution in [2.75, 3.05) is 19.6 Å². The Morgan fingerprint density at radius 1 is 1.17 bits per heavy atom. The average Bonchev–Trinajstić information content (AvgIpc) is 2.47. The number of unbranched alkanes of at least 4 members (excludes halogenated alkanes) is 1. The first-order valence-corrected chi connectivity index (χ1v) is 5.71. The van der Waals surface area contributed by atoms with Crippen LogP contribution in [0.4, 0.5) is 17.6 Å². The first kappa shape index (κ1) is 15.2. The molecule has 4 nitrogen and oxygen atoms in total. The summed E-state index contributed by atoms with van der Waals surface area (Å²) in [5, 5.41) is 0. The van der Waals surface area contributed by atoms with E-state index in [4.69, 9.17) is 11.5 Å². The van der Waals surface area contributed by atoms with Crippen LogP contribution in [0, 0.1) is 0 Å². The van der Waals surface area contributed by atoms with Crippen molar-refractivity contribution in [3.63, 3.8) is 0 Å². The molecule has 0 aliphatic carbocycles. The molecule has 1 unspecified atom stereocenters. The zero-order valence-corrected chi connectivity index (χ0v) is 9.84. The second kappa shape index (κ2) is 5.40. The molecule has 1 aliphatic rings. The van der Waals surface area contributed by atoms with Gasteiger partial charge in [-0.2, -0.15) is 17.6 Å². The monoisotopic (exact) mass is 271 g/mol. The fourth-order valence-electron chi connectivity index (χ4n) is 1.79. The number of carbonyl (C=O) groups excluding carboxylic acids is 1. The van der Waals surface area contributed by atoms with Crippen LogP contribution in [0.3, 0.4) is 0 Å². The maximum atomic E-state index is 12.9. The summed E-state index contributed by atoms with van der Waals surface area (Å²) in [7, 11) is 0. The molecule has 1 rings (SSSR count). The summed E-state index contributed by atoms with van der Waals surface area (Å²) in [6.45, 7) is -2.12. The van der Waals surface area contributed by atoms with Gasteiger partial charge in [-0.15, -0.1) is 0 Å². The summed E-state index contributed by atoms with van der Waals surface area (Å²) in [4.78, 5) is 12.1. The van der Waals surface area contributed by atoms with E-state index in [0.717, 1.165) is 0 Å². The first-order valence-electron chi connectivity index (χ1n) is 5.71. The van der Waals surface area contributed by atoms with Crippen LogP contribution in [0.1, 0.15) is 19.3 Å². The molecule has 0 spiro atoms. The van der Waals surface area contributed by atoms with Crippen molar-refractivity contribution in [3.05, 3.63) is 0 Å². The van der Waals surface area contributed by atoms with Crippen molar-refractivity contribution >= 4 is 5.91 Å². The zero-order chi connectivity index (χ0) is 14.0. The van der Waals surface area contributed by atoms with Gasteiger partial charge in [0.1, 0.15) is 0 Å².